The van der Waals surface area contributed by atoms with Crippen molar-refractivity contribution in [3.63, 3.8) is 0 Å². The minimum Gasteiger partial charge on any atom is -0.344 e. The topological polar surface area (TPSA) is 49.4 Å². The normalized spacial score (nSPS) is 17.0. The highest BCUT2D eigenvalue weighted by molar-refractivity contribution is 5.89. The smallest absolute Gasteiger partial charge is 0.245 e. The summed E-state index contributed by atoms with van der Waals surface area (Å²) >= 11 is 0. The number of halogens is 2. The molecule has 6 heteroatoms. The Bertz CT molecular complexity index is 777. The van der Waals surface area contributed by atoms with E-state index in [1.54, 1.807) is 29.2 Å². The van der Waals surface area contributed by atoms with Gasteiger partial charge in [0.25, 0.3) is 0 Å². The fourth-order valence-electron chi connectivity index (χ4n) is 2.92. The van der Waals surface area contributed by atoms with Crippen LogP contribution in [-0.4, -0.2) is 29.3 Å². The lowest BCUT2D eigenvalue weighted by molar-refractivity contribution is -0.132. The van der Waals surface area contributed by atoms with E-state index in [4.69, 9.17) is 0 Å². The molecule has 2 aromatic carbocycles. The highest BCUT2D eigenvalue weighted by Crippen LogP contribution is 2.16. The molecule has 130 valence electrons. The maximum atomic E-state index is 13.2. The van der Waals surface area contributed by atoms with E-state index in [1.165, 1.54) is 24.3 Å². The van der Waals surface area contributed by atoms with E-state index in [-0.39, 0.29) is 24.1 Å². The fourth-order valence-corrected chi connectivity index (χ4v) is 2.92. The van der Waals surface area contributed by atoms with Gasteiger partial charge in [-0.3, -0.25) is 9.59 Å². The fraction of sp³-hybridized carbons (Fsp3) is 0.263. The van der Waals surface area contributed by atoms with Crippen LogP contribution in [0.3, 0.4) is 0 Å². The van der Waals surface area contributed by atoms with Crippen LogP contribution in [0.2, 0.25) is 0 Å². The Hall–Kier alpha value is -2.76. The van der Waals surface area contributed by atoms with Crippen molar-refractivity contribution >= 4 is 11.8 Å². The van der Waals surface area contributed by atoms with Crippen LogP contribution in [0.15, 0.2) is 48.5 Å². The lowest BCUT2D eigenvalue weighted by Gasteiger charge is -2.17. The van der Waals surface area contributed by atoms with E-state index in [0.29, 0.717) is 25.1 Å². The number of nitrogens with zero attached hydrogens (tertiary/aromatic N) is 1. The zero-order valence-electron chi connectivity index (χ0n) is 13.5. The maximum Gasteiger partial charge on any atom is 0.245 e. The van der Waals surface area contributed by atoms with E-state index in [2.05, 4.69) is 5.32 Å². The van der Waals surface area contributed by atoms with Gasteiger partial charge in [0.2, 0.25) is 11.8 Å². The highest BCUT2D eigenvalue weighted by atomic mass is 19.1. The molecule has 0 unspecified atom stereocenters. The summed E-state index contributed by atoms with van der Waals surface area (Å²) in [4.78, 5) is 26.1. The largest absolute Gasteiger partial charge is 0.344 e. The third kappa shape index (κ3) is 4.41. The van der Waals surface area contributed by atoms with E-state index in [0.717, 1.165) is 5.56 Å². The first kappa shape index (κ1) is 17.1. The number of rotatable bonds is 5. The zero-order chi connectivity index (χ0) is 17.8. The van der Waals surface area contributed by atoms with Crippen molar-refractivity contribution in [2.24, 2.45) is 0 Å². The number of hydrogen-bond donors (Lipinski definition) is 1. The Morgan fingerprint density at radius 3 is 2.56 bits per heavy atom. The summed E-state index contributed by atoms with van der Waals surface area (Å²) in [6, 6.07) is 11.2. The van der Waals surface area contributed by atoms with Gasteiger partial charge in [-0.15, -0.1) is 0 Å². The maximum absolute atomic E-state index is 13.2. The standard InChI is InChI=1S/C19H18F2N2O2/c20-15-6-4-13(5-7-15)12-23-9-8-17(19(23)25)22-18(24)11-14-2-1-3-16(21)10-14/h1-7,10,17H,8-9,11-12H2,(H,22,24)/t17-/m1/s1. The van der Waals surface area contributed by atoms with Crippen LogP contribution in [0, 0.1) is 11.6 Å². The van der Waals surface area contributed by atoms with Crippen molar-refractivity contribution in [3.8, 4) is 0 Å². The number of carbonyl (C=O) groups excluding carboxylic acids is 2. The molecule has 1 saturated heterocycles. The van der Waals surface area contributed by atoms with Crippen molar-refractivity contribution < 1.29 is 18.4 Å². The molecular formula is C19H18F2N2O2. The molecule has 1 aliphatic rings. The van der Waals surface area contributed by atoms with Crippen molar-refractivity contribution in [3.05, 3.63) is 71.3 Å². The minimum absolute atomic E-state index is 0.0273. The van der Waals surface area contributed by atoms with Gasteiger partial charge in [0.05, 0.1) is 6.42 Å². The molecule has 25 heavy (non-hydrogen) atoms. The number of likely N-dealkylation sites (tertiary alicyclic amines) is 1. The molecule has 0 spiro atoms. The second-order valence-electron chi connectivity index (χ2n) is 6.10. The second kappa shape index (κ2) is 7.42. The summed E-state index contributed by atoms with van der Waals surface area (Å²) in [5.74, 6) is -1.18. The van der Waals surface area contributed by atoms with Gasteiger partial charge in [-0.1, -0.05) is 24.3 Å². The van der Waals surface area contributed by atoms with Crippen LogP contribution in [-0.2, 0) is 22.6 Å². The Balaban J connectivity index is 1.54. The minimum atomic E-state index is -0.568. The van der Waals surface area contributed by atoms with Gasteiger partial charge in [-0.25, -0.2) is 8.78 Å². The molecule has 1 aliphatic heterocycles. The summed E-state index contributed by atoms with van der Waals surface area (Å²) in [5, 5.41) is 2.71. The summed E-state index contributed by atoms with van der Waals surface area (Å²) < 4.78 is 26.1. The zero-order valence-corrected chi connectivity index (χ0v) is 13.5. The van der Waals surface area contributed by atoms with E-state index < -0.39 is 11.9 Å². The quantitative estimate of drug-likeness (QED) is 0.906. The molecule has 0 bridgehead atoms. The van der Waals surface area contributed by atoms with Crippen molar-refractivity contribution in [1.29, 1.82) is 0 Å². The van der Waals surface area contributed by atoms with Crippen LogP contribution >= 0.6 is 0 Å². The molecule has 2 aromatic rings. The molecular weight excluding hydrogens is 326 g/mol. The van der Waals surface area contributed by atoms with E-state index in [1.807, 2.05) is 0 Å². The predicted octanol–water partition coefficient (Wildman–Crippen LogP) is 2.42. The molecule has 0 radical (unpaired) electrons. The third-order valence-corrected chi connectivity index (χ3v) is 4.17. The Morgan fingerprint density at radius 2 is 1.84 bits per heavy atom. The first-order chi connectivity index (χ1) is 12.0. The number of nitrogens with one attached hydrogen (secondary N) is 1. The third-order valence-electron chi connectivity index (χ3n) is 4.17. The molecule has 1 atom stereocenters. The van der Waals surface area contributed by atoms with Crippen LogP contribution in [0.1, 0.15) is 17.5 Å². The van der Waals surface area contributed by atoms with Crippen molar-refractivity contribution in [1.82, 2.24) is 10.2 Å². The molecule has 2 amide bonds. The highest BCUT2D eigenvalue weighted by Gasteiger charge is 2.32. The van der Waals surface area contributed by atoms with Gasteiger partial charge in [-0.2, -0.15) is 0 Å². The summed E-state index contributed by atoms with van der Waals surface area (Å²) in [7, 11) is 0. The molecule has 0 saturated carbocycles. The molecule has 4 nitrogen and oxygen atoms in total. The number of amides is 2. The van der Waals surface area contributed by atoms with Crippen LogP contribution in [0.4, 0.5) is 8.78 Å². The molecule has 1 heterocycles. The van der Waals surface area contributed by atoms with Gasteiger partial charge in [-0.05, 0) is 41.8 Å². The predicted molar refractivity (Wildman–Crippen MR) is 88.5 cm³/mol. The SMILES string of the molecule is O=C(Cc1cccc(F)c1)N[C@@H]1CCN(Cc2ccc(F)cc2)C1=O. The average molecular weight is 344 g/mol. The molecule has 0 aromatic heterocycles. The lowest BCUT2D eigenvalue weighted by Crippen LogP contribution is -2.41. The van der Waals surface area contributed by atoms with Gasteiger partial charge in [0.1, 0.15) is 17.7 Å². The van der Waals surface area contributed by atoms with Gasteiger partial charge >= 0.3 is 0 Å². The lowest BCUT2D eigenvalue weighted by atomic mass is 10.1. The van der Waals surface area contributed by atoms with Crippen molar-refractivity contribution in [2.75, 3.05) is 6.54 Å². The second-order valence-corrected chi connectivity index (χ2v) is 6.10. The summed E-state index contributed by atoms with van der Waals surface area (Å²) in [6.07, 6.45) is 0.550. The van der Waals surface area contributed by atoms with E-state index >= 15 is 0 Å². The summed E-state index contributed by atoms with van der Waals surface area (Å²) in [6.45, 7) is 0.913. The van der Waals surface area contributed by atoms with Crippen molar-refractivity contribution in [2.45, 2.75) is 25.4 Å². The molecule has 0 aliphatic carbocycles. The molecule has 1 fully saturated rings. The van der Waals surface area contributed by atoms with Crippen LogP contribution < -0.4 is 5.32 Å². The first-order valence-electron chi connectivity index (χ1n) is 8.08. The van der Waals surface area contributed by atoms with Crippen LogP contribution in [0.5, 0.6) is 0 Å². The summed E-state index contributed by atoms with van der Waals surface area (Å²) in [5.41, 5.74) is 1.40. The van der Waals surface area contributed by atoms with Gasteiger partial charge < -0.3 is 10.2 Å². The number of benzene rings is 2. The average Bonchev–Trinajstić information content (AvgIpc) is 2.90. The first-order valence-corrected chi connectivity index (χ1v) is 8.08. The number of carbonyl (C=O) groups is 2. The van der Waals surface area contributed by atoms with Gasteiger partial charge in [0.15, 0.2) is 0 Å². The number of hydrogen-bond acceptors (Lipinski definition) is 2. The monoisotopic (exact) mass is 344 g/mol. The Kier molecular flexibility index (Phi) is 5.07. The Morgan fingerprint density at radius 1 is 1.08 bits per heavy atom. The molecule has 1 N–H and O–H groups in total. The van der Waals surface area contributed by atoms with Crippen LogP contribution in [0.25, 0.3) is 0 Å². The van der Waals surface area contributed by atoms with Gasteiger partial charge in [0, 0.05) is 13.1 Å². The molecule has 3 rings (SSSR count). The van der Waals surface area contributed by atoms with E-state index in [9.17, 15) is 18.4 Å². The Labute approximate surface area is 144 Å².